The topological polar surface area (TPSA) is 29.9 Å². The fourth-order valence-electron chi connectivity index (χ4n) is 1.87. The fraction of sp³-hybridized carbons (Fsp3) is 0.0714. The maximum atomic E-state index is 4.62. The average molecular weight is 223 g/mol. The molecule has 0 bridgehead atoms. The van der Waals surface area contributed by atoms with Crippen LogP contribution in [-0.2, 0) is 0 Å². The van der Waals surface area contributed by atoms with Crippen LogP contribution in [-0.4, -0.2) is 9.66 Å². The Morgan fingerprint density at radius 3 is 2.65 bits per heavy atom. The molecule has 0 aliphatic carbocycles. The van der Waals surface area contributed by atoms with Gasteiger partial charge in [-0.15, -0.1) is 0 Å². The van der Waals surface area contributed by atoms with E-state index >= 15 is 0 Å². The maximum absolute atomic E-state index is 4.62. The Hall–Kier alpha value is -2.29. The second-order valence-corrected chi connectivity index (χ2v) is 4.05. The molecule has 0 saturated carbocycles. The fourth-order valence-corrected chi connectivity index (χ4v) is 1.87. The number of nitrogens with zero attached hydrogens (tertiary/aromatic N) is 2. The molecule has 0 aliphatic rings. The summed E-state index contributed by atoms with van der Waals surface area (Å²) in [5.41, 5.74) is 5.39. The van der Waals surface area contributed by atoms with E-state index in [9.17, 15) is 0 Å². The largest absolute Gasteiger partial charge is 0.278 e. The van der Waals surface area contributed by atoms with Crippen molar-refractivity contribution < 1.29 is 0 Å². The van der Waals surface area contributed by atoms with Crippen molar-refractivity contribution in [1.29, 1.82) is 0 Å². The number of aryl methyl sites for hydroxylation is 1. The molecule has 0 unspecified atom stereocenters. The molecule has 0 atom stereocenters. The van der Waals surface area contributed by atoms with Crippen molar-refractivity contribution in [2.75, 3.05) is 5.43 Å². The van der Waals surface area contributed by atoms with Gasteiger partial charge in [0.1, 0.15) is 5.82 Å². The van der Waals surface area contributed by atoms with Gasteiger partial charge in [-0.2, -0.15) is 0 Å². The molecule has 1 aromatic carbocycles. The Bertz CT molecular complexity index is 642. The summed E-state index contributed by atoms with van der Waals surface area (Å²) in [7, 11) is 0. The summed E-state index contributed by atoms with van der Waals surface area (Å²) in [6.45, 7) is 2.06. The number of benzene rings is 1. The molecule has 0 radical (unpaired) electrons. The highest BCUT2D eigenvalue weighted by Gasteiger charge is 2.02. The van der Waals surface area contributed by atoms with Gasteiger partial charge in [0.05, 0.1) is 5.52 Å². The predicted octanol–water partition coefficient (Wildman–Crippen LogP) is 3.22. The first-order valence-corrected chi connectivity index (χ1v) is 5.59. The molecule has 3 heteroatoms. The molecule has 84 valence electrons. The van der Waals surface area contributed by atoms with Gasteiger partial charge in [0.25, 0.3) is 0 Å². The second-order valence-electron chi connectivity index (χ2n) is 4.05. The number of pyridine rings is 1. The van der Waals surface area contributed by atoms with Crippen molar-refractivity contribution in [2.24, 2.45) is 0 Å². The van der Waals surface area contributed by atoms with Gasteiger partial charge in [0.2, 0.25) is 0 Å². The first-order valence-electron chi connectivity index (χ1n) is 5.59. The molecule has 17 heavy (non-hydrogen) atoms. The van der Waals surface area contributed by atoms with E-state index in [0.29, 0.717) is 0 Å². The second kappa shape index (κ2) is 3.94. The number of nitrogens with one attached hydrogen (secondary N) is 1. The molecule has 0 fully saturated rings. The zero-order valence-corrected chi connectivity index (χ0v) is 9.59. The van der Waals surface area contributed by atoms with Crippen LogP contribution in [0.3, 0.4) is 0 Å². The minimum Gasteiger partial charge on any atom is -0.278 e. The van der Waals surface area contributed by atoms with E-state index in [4.69, 9.17) is 0 Å². The third-order valence-corrected chi connectivity index (χ3v) is 2.75. The smallest absolute Gasteiger partial charge is 0.148 e. The Kier molecular flexibility index (Phi) is 2.29. The molecule has 3 aromatic rings. The first-order chi connectivity index (χ1) is 8.33. The van der Waals surface area contributed by atoms with Crippen LogP contribution in [0.2, 0.25) is 0 Å². The van der Waals surface area contributed by atoms with Gasteiger partial charge in [-0.25, -0.2) is 4.98 Å². The molecule has 1 N–H and O–H groups in total. The molecule has 3 rings (SSSR count). The summed E-state index contributed by atoms with van der Waals surface area (Å²) >= 11 is 0. The zero-order chi connectivity index (χ0) is 11.7. The lowest BCUT2D eigenvalue weighted by molar-refractivity contribution is 0.951. The van der Waals surface area contributed by atoms with Crippen molar-refractivity contribution in [2.45, 2.75) is 6.92 Å². The van der Waals surface area contributed by atoms with Crippen LogP contribution in [0.1, 0.15) is 5.56 Å². The number of aromatic nitrogens is 2. The third-order valence-electron chi connectivity index (χ3n) is 2.75. The van der Waals surface area contributed by atoms with E-state index in [0.717, 1.165) is 16.9 Å². The molecule has 0 aliphatic heterocycles. The van der Waals surface area contributed by atoms with E-state index < -0.39 is 0 Å². The molecule has 0 spiro atoms. The number of anilines is 1. The summed E-state index contributed by atoms with van der Waals surface area (Å²) in [4.78, 5) is 4.62. The quantitative estimate of drug-likeness (QED) is 0.723. The highest BCUT2D eigenvalue weighted by Crippen LogP contribution is 2.19. The van der Waals surface area contributed by atoms with Gasteiger partial charge in [-0.3, -0.25) is 10.1 Å². The number of fused-ring (bicyclic) bond motifs is 1. The number of hydrogen-bond acceptors (Lipinski definition) is 2. The minimum atomic E-state index is 0.889. The molecule has 2 aromatic heterocycles. The van der Waals surface area contributed by atoms with Crippen LogP contribution in [0.25, 0.3) is 10.9 Å². The zero-order valence-electron chi connectivity index (χ0n) is 9.59. The standard InChI is InChI=1S/C14H13N3/c1-11-10-12-6-2-3-7-13(12)15-14(11)16-17-8-4-5-9-17/h2-10H,1H3,(H,15,16). The lowest BCUT2D eigenvalue weighted by Gasteiger charge is -2.10. The molecular weight excluding hydrogens is 210 g/mol. The van der Waals surface area contributed by atoms with E-state index in [1.54, 1.807) is 0 Å². The van der Waals surface area contributed by atoms with Crippen molar-refractivity contribution in [3.8, 4) is 0 Å². The van der Waals surface area contributed by atoms with E-state index in [1.807, 2.05) is 47.4 Å². The third kappa shape index (κ3) is 1.87. The van der Waals surface area contributed by atoms with Crippen LogP contribution in [0, 0.1) is 6.92 Å². The van der Waals surface area contributed by atoms with Crippen LogP contribution in [0.15, 0.2) is 54.9 Å². The van der Waals surface area contributed by atoms with Gasteiger partial charge >= 0.3 is 0 Å². The van der Waals surface area contributed by atoms with Crippen molar-refractivity contribution in [3.63, 3.8) is 0 Å². The van der Waals surface area contributed by atoms with Gasteiger partial charge in [0, 0.05) is 17.8 Å². The monoisotopic (exact) mass is 223 g/mol. The van der Waals surface area contributed by atoms with Crippen molar-refractivity contribution >= 4 is 16.7 Å². The Balaban J connectivity index is 2.07. The van der Waals surface area contributed by atoms with Gasteiger partial charge in [-0.05, 0) is 36.8 Å². The van der Waals surface area contributed by atoms with Crippen LogP contribution < -0.4 is 5.43 Å². The average Bonchev–Trinajstić information content (AvgIpc) is 2.83. The maximum Gasteiger partial charge on any atom is 0.148 e. The molecule has 3 nitrogen and oxygen atoms in total. The number of para-hydroxylation sites is 1. The molecular formula is C14H13N3. The Morgan fingerprint density at radius 1 is 1.06 bits per heavy atom. The predicted molar refractivity (Wildman–Crippen MR) is 69.9 cm³/mol. The van der Waals surface area contributed by atoms with E-state index in [-0.39, 0.29) is 0 Å². The molecule has 0 saturated heterocycles. The van der Waals surface area contributed by atoms with E-state index in [2.05, 4.69) is 29.5 Å². The van der Waals surface area contributed by atoms with Gasteiger partial charge in [-0.1, -0.05) is 18.2 Å². The van der Waals surface area contributed by atoms with Crippen molar-refractivity contribution in [3.05, 3.63) is 60.4 Å². The number of rotatable bonds is 2. The molecule has 0 amide bonds. The number of hydrogen-bond donors (Lipinski definition) is 1. The van der Waals surface area contributed by atoms with Crippen LogP contribution in [0.4, 0.5) is 5.82 Å². The first kappa shape index (κ1) is 9.90. The lowest BCUT2D eigenvalue weighted by Crippen LogP contribution is -2.08. The summed E-state index contributed by atoms with van der Waals surface area (Å²) in [5, 5.41) is 1.17. The van der Waals surface area contributed by atoms with Gasteiger partial charge in [0.15, 0.2) is 0 Å². The van der Waals surface area contributed by atoms with Gasteiger partial charge < -0.3 is 0 Å². The van der Waals surface area contributed by atoms with Crippen LogP contribution in [0.5, 0.6) is 0 Å². The summed E-state index contributed by atoms with van der Waals surface area (Å²) < 4.78 is 1.89. The summed E-state index contributed by atoms with van der Waals surface area (Å²) in [5.74, 6) is 0.889. The minimum absolute atomic E-state index is 0.889. The summed E-state index contributed by atoms with van der Waals surface area (Å²) in [6, 6.07) is 14.2. The van der Waals surface area contributed by atoms with Crippen molar-refractivity contribution in [1.82, 2.24) is 9.66 Å². The highest BCUT2D eigenvalue weighted by atomic mass is 15.4. The Morgan fingerprint density at radius 2 is 1.82 bits per heavy atom. The lowest BCUT2D eigenvalue weighted by atomic mass is 10.1. The highest BCUT2D eigenvalue weighted by molar-refractivity contribution is 5.81. The summed E-state index contributed by atoms with van der Waals surface area (Å²) in [6.07, 6.45) is 3.91. The normalized spacial score (nSPS) is 10.6. The SMILES string of the molecule is Cc1cc2ccccc2nc1Nn1cccc1. The Labute approximate surface area is 99.7 Å². The van der Waals surface area contributed by atoms with Crippen LogP contribution >= 0.6 is 0 Å². The molecule has 2 heterocycles. The van der Waals surface area contributed by atoms with E-state index in [1.165, 1.54) is 5.39 Å².